The molecule has 3 rings (SSSR count). The molecule has 1 saturated carbocycles. The Bertz CT molecular complexity index is 680. The van der Waals surface area contributed by atoms with Gasteiger partial charge in [0, 0.05) is 60.3 Å². The Morgan fingerprint density at radius 1 is 1.21 bits per heavy atom. The van der Waals surface area contributed by atoms with Gasteiger partial charge >= 0.3 is 0 Å². The molecule has 2 heterocycles. The van der Waals surface area contributed by atoms with Gasteiger partial charge in [0.25, 0.3) is 0 Å². The van der Waals surface area contributed by atoms with Crippen molar-refractivity contribution in [2.24, 2.45) is 4.99 Å². The van der Waals surface area contributed by atoms with Gasteiger partial charge in [-0.15, -0.1) is 34.2 Å². The number of hydrogen-bond acceptors (Lipinski definition) is 4. The fraction of sp³-hybridized carbons (Fsp3) is 0.850. The normalized spacial score (nSPS) is 23.4. The maximum Gasteiger partial charge on any atom is 0.191 e. The van der Waals surface area contributed by atoms with E-state index in [1.807, 2.05) is 6.92 Å². The van der Waals surface area contributed by atoms with Crippen molar-refractivity contribution < 1.29 is 4.21 Å². The molecule has 1 aliphatic heterocycles. The van der Waals surface area contributed by atoms with Crippen molar-refractivity contribution in [3.05, 3.63) is 11.6 Å². The molecule has 3 unspecified atom stereocenters. The summed E-state index contributed by atoms with van der Waals surface area (Å²) >= 11 is 0. The lowest BCUT2D eigenvalue weighted by Crippen LogP contribution is -2.46. The first-order valence-electron chi connectivity index (χ1n) is 11.0. The van der Waals surface area contributed by atoms with Crippen molar-refractivity contribution in [2.45, 2.75) is 89.5 Å². The first-order chi connectivity index (χ1) is 13.7. The smallest absolute Gasteiger partial charge is 0.191 e. The van der Waals surface area contributed by atoms with E-state index >= 15 is 0 Å². The first kappa shape index (κ1) is 24.6. The third kappa shape index (κ3) is 7.18. The lowest BCUT2D eigenvalue weighted by Gasteiger charge is -2.30. The quantitative estimate of drug-likeness (QED) is 0.318. The van der Waals surface area contributed by atoms with Crippen LogP contribution >= 0.6 is 24.0 Å². The third-order valence-electron chi connectivity index (χ3n) is 5.76. The summed E-state index contributed by atoms with van der Waals surface area (Å²) in [4.78, 5) is 4.78. The summed E-state index contributed by atoms with van der Waals surface area (Å²) in [5.41, 5.74) is 0. The summed E-state index contributed by atoms with van der Waals surface area (Å²) < 4.78 is 14.5. The van der Waals surface area contributed by atoms with Crippen molar-refractivity contribution in [2.75, 3.05) is 18.8 Å². The molecule has 0 amide bonds. The molecule has 3 atom stereocenters. The Morgan fingerprint density at radius 2 is 2.07 bits per heavy atom. The Kier molecular flexibility index (Phi) is 10.9. The van der Waals surface area contributed by atoms with Gasteiger partial charge in [-0.1, -0.05) is 19.8 Å². The van der Waals surface area contributed by atoms with E-state index in [1.165, 1.54) is 19.3 Å². The van der Waals surface area contributed by atoms with E-state index < -0.39 is 10.8 Å². The highest BCUT2D eigenvalue weighted by atomic mass is 127. The van der Waals surface area contributed by atoms with Crippen molar-refractivity contribution >= 4 is 40.7 Å². The fourth-order valence-corrected chi connectivity index (χ4v) is 5.61. The zero-order valence-electron chi connectivity index (χ0n) is 17.9. The van der Waals surface area contributed by atoms with Crippen LogP contribution in [0.2, 0.25) is 0 Å². The molecule has 1 fully saturated rings. The van der Waals surface area contributed by atoms with Gasteiger partial charge in [-0.2, -0.15) is 0 Å². The molecule has 0 spiro atoms. The van der Waals surface area contributed by atoms with Gasteiger partial charge in [0.15, 0.2) is 5.96 Å². The Labute approximate surface area is 194 Å². The number of nitrogens with one attached hydrogen (secondary N) is 2. The second-order valence-corrected chi connectivity index (χ2v) is 9.81. The summed E-state index contributed by atoms with van der Waals surface area (Å²) in [6.45, 7) is 6.68. The molecule has 29 heavy (non-hydrogen) atoms. The second-order valence-electron chi connectivity index (χ2n) is 7.80. The third-order valence-corrected chi connectivity index (χ3v) is 7.50. The molecule has 166 valence electrons. The van der Waals surface area contributed by atoms with E-state index in [9.17, 15) is 4.21 Å². The molecule has 2 N–H and O–H groups in total. The van der Waals surface area contributed by atoms with Crippen molar-refractivity contribution in [3.63, 3.8) is 0 Å². The van der Waals surface area contributed by atoms with Crippen LogP contribution in [0.5, 0.6) is 0 Å². The summed E-state index contributed by atoms with van der Waals surface area (Å²) in [7, 11) is -0.700. The van der Waals surface area contributed by atoms with Gasteiger partial charge < -0.3 is 15.2 Å². The minimum Gasteiger partial charge on any atom is -0.357 e. The average molecular weight is 537 g/mol. The molecule has 0 bridgehead atoms. The van der Waals surface area contributed by atoms with Crippen LogP contribution < -0.4 is 10.6 Å². The molecule has 1 aromatic heterocycles. The van der Waals surface area contributed by atoms with E-state index in [2.05, 4.69) is 32.3 Å². The summed E-state index contributed by atoms with van der Waals surface area (Å²) in [6, 6.07) is 0.358. The van der Waals surface area contributed by atoms with Crippen LogP contribution in [0.25, 0.3) is 0 Å². The zero-order valence-corrected chi connectivity index (χ0v) is 21.0. The maximum atomic E-state index is 12.2. The molecular formula is C20H37IN6OS. The number of nitrogens with zero attached hydrogens (tertiary/aromatic N) is 4. The molecule has 2 aliphatic rings. The molecule has 7 nitrogen and oxygen atoms in total. The highest BCUT2D eigenvalue weighted by molar-refractivity contribution is 14.0. The molecule has 9 heteroatoms. The first-order valence-corrected chi connectivity index (χ1v) is 12.4. The average Bonchev–Trinajstić information content (AvgIpc) is 2.94. The number of hydrogen-bond donors (Lipinski definition) is 2. The van der Waals surface area contributed by atoms with Crippen molar-refractivity contribution in [1.29, 1.82) is 0 Å². The Balaban J connectivity index is 0.00000300. The maximum absolute atomic E-state index is 12.2. The van der Waals surface area contributed by atoms with Crippen LogP contribution in [0, 0.1) is 0 Å². The van der Waals surface area contributed by atoms with Crippen LogP contribution in [0.3, 0.4) is 0 Å². The number of rotatable bonds is 7. The number of aliphatic imine (C=N–C) groups is 1. The van der Waals surface area contributed by atoms with Gasteiger partial charge in [-0.25, -0.2) is 0 Å². The fourth-order valence-electron chi connectivity index (χ4n) is 4.26. The number of fused-ring (bicyclic) bond motifs is 1. The van der Waals surface area contributed by atoms with E-state index in [0.717, 1.165) is 75.0 Å². The summed E-state index contributed by atoms with van der Waals surface area (Å²) in [6.07, 6.45) is 9.90. The lowest BCUT2D eigenvalue weighted by molar-refractivity contribution is 0.413. The van der Waals surface area contributed by atoms with Crippen LogP contribution in [0.15, 0.2) is 4.99 Å². The van der Waals surface area contributed by atoms with Crippen molar-refractivity contribution in [3.8, 4) is 0 Å². The van der Waals surface area contributed by atoms with E-state index in [4.69, 9.17) is 4.99 Å². The van der Waals surface area contributed by atoms with Gasteiger partial charge in [-0.3, -0.25) is 9.20 Å². The van der Waals surface area contributed by atoms with Gasteiger partial charge in [0.2, 0.25) is 0 Å². The Hall–Kier alpha value is -0.710. The summed E-state index contributed by atoms with van der Waals surface area (Å²) in [5.74, 6) is 3.83. The zero-order chi connectivity index (χ0) is 19.8. The van der Waals surface area contributed by atoms with E-state index in [1.54, 1.807) is 0 Å². The highest BCUT2D eigenvalue weighted by Gasteiger charge is 2.26. The van der Waals surface area contributed by atoms with Crippen LogP contribution in [-0.2, 0) is 30.2 Å². The van der Waals surface area contributed by atoms with Gasteiger partial charge in [0.05, 0.1) is 0 Å². The van der Waals surface area contributed by atoms with Crippen LogP contribution in [0.4, 0.5) is 0 Å². The number of aryl methyl sites for hydroxylation is 1. The number of guanidine groups is 1. The molecular weight excluding hydrogens is 499 g/mol. The van der Waals surface area contributed by atoms with Crippen LogP contribution in [-0.4, -0.2) is 55.1 Å². The second kappa shape index (κ2) is 12.9. The van der Waals surface area contributed by atoms with Gasteiger partial charge in [0.1, 0.15) is 11.6 Å². The van der Waals surface area contributed by atoms with E-state index in [-0.39, 0.29) is 24.0 Å². The standard InChI is InChI=1S/C20H36N6OS.HI/c1-3-21-20(23-16-9-8-10-17(15-16)28(27)4-2)22-13-12-19-25-24-18-11-6-5-7-14-26(18)19;/h16-17H,3-15H2,1-2H3,(H2,21,22,23);1H. The minimum atomic E-state index is -0.700. The molecule has 1 aliphatic carbocycles. The molecule has 1 aromatic rings. The van der Waals surface area contributed by atoms with Gasteiger partial charge in [-0.05, 0) is 39.0 Å². The largest absolute Gasteiger partial charge is 0.357 e. The predicted octanol–water partition coefficient (Wildman–Crippen LogP) is 2.80. The Morgan fingerprint density at radius 3 is 2.86 bits per heavy atom. The lowest BCUT2D eigenvalue weighted by atomic mass is 9.95. The minimum absolute atomic E-state index is 0. The van der Waals surface area contributed by atoms with Crippen LogP contribution in [0.1, 0.15) is 70.4 Å². The van der Waals surface area contributed by atoms with Crippen molar-refractivity contribution in [1.82, 2.24) is 25.4 Å². The highest BCUT2D eigenvalue weighted by Crippen LogP contribution is 2.23. The molecule has 0 radical (unpaired) electrons. The predicted molar refractivity (Wildman–Crippen MR) is 131 cm³/mol. The molecule has 0 saturated heterocycles. The van der Waals surface area contributed by atoms with E-state index in [0.29, 0.717) is 17.8 Å². The topological polar surface area (TPSA) is 84.2 Å². The molecule has 0 aromatic carbocycles. The summed E-state index contributed by atoms with van der Waals surface area (Å²) in [5, 5.41) is 16.1. The monoisotopic (exact) mass is 536 g/mol. The SMILES string of the molecule is CCNC(=NCCc1nnc2n1CCCCC2)NC1CCCC(S(=O)CC)C1.I. The number of halogens is 1. The number of aromatic nitrogens is 3.